The molecule has 18 heavy (non-hydrogen) atoms. The van der Waals surface area contributed by atoms with Crippen molar-refractivity contribution in [3.63, 3.8) is 0 Å². The standard InChI is InChI=1S/C16H22N2/c1-2-16(10-6-11-16)13-18-15(9-12-17)14-7-4-3-5-8-14/h3-5,7-8,15,18H,2,6,9-11,13H2,1H3. The molecule has 96 valence electrons. The van der Waals surface area contributed by atoms with Crippen molar-refractivity contribution in [2.24, 2.45) is 5.41 Å². The van der Waals surface area contributed by atoms with E-state index >= 15 is 0 Å². The Morgan fingerprint density at radius 1 is 1.33 bits per heavy atom. The van der Waals surface area contributed by atoms with Crippen LogP contribution in [0.4, 0.5) is 0 Å². The normalized spacial score (nSPS) is 18.7. The van der Waals surface area contributed by atoms with Gasteiger partial charge in [0.2, 0.25) is 0 Å². The molecule has 0 aromatic heterocycles. The van der Waals surface area contributed by atoms with Crippen molar-refractivity contribution in [1.29, 1.82) is 5.26 Å². The fourth-order valence-electron chi connectivity index (χ4n) is 2.76. The van der Waals surface area contributed by atoms with Crippen LogP contribution in [-0.2, 0) is 0 Å². The topological polar surface area (TPSA) is 35.8 Å². The van der Waals surface area contributed by atoms with Crippen molar-refractivity contribution in [2.45, 2.75) is 45.1 Å². The summed E-state index contributed by atoms with van der Waals surface area (Å²) < 4.78 is 0. The highest BCUT2D eigenvalue weighted by Gasteiger charge is 2.35. The second-order valence-corrected chi connectivity index (χ2v) is 5.41. The lowest BCUT2D eigenvalue weighted by atomic mass is 9.67. The molecule has 0 radical (unpaired) electrons. The van der Waals surface area contributed by atoms with Crippen LogP contribution in [0, 0.1) is 16.7 Å². The molecular formula is C16H22N2. The number of rotatable bonds is 6. The number of nitriles is 1. The summed E-state index contributed by atoms with van der Waals surface area (Å²) >= 11 is 0. The smallest absolute Gasteiger partial charge is 0.0641 e. The van der Waals surface area contributed by atoms with Crippen LogP contribution < -0.4 is 5.32 Å². The van der Waals surface area contributed by atoms with E-state index in [0.717, 1.165) is 6.54 Å². The number of hydrogen-bond acceptors (Lipinski definition) is 2. The van der Waals surface area contributed by atoms with Crippen LogP contribution in [0.15, 0.2) is 30.3 Å². The summed E-state index contributed by atoms with van der Waals surface area (Å²) in [5, 5.41) is 12.6. The van der Waals surface area contributed by atoms with E-state index in [0.29, 0.717) is 11.8 Å². The van der Waals surface area contributed by atoms with E-state index in [-0.39, 0.29) is 6.04 Å². The van der Waals surface area contributed by atoms with Gasteiger partial charge in [-0.2, -0.15) is 5.26 Å². The monoisotopic (exact) mass is 242 g/mol. The molecule has 2 rings (SSSR count). The molecule has 0 bridgehead atoms. The summed E-state index contributed by atoms with van der Waals surface area (Å²) in [5.41, 5.74) is 1.73. The third-order valence-electron chi connectivity index (χ3n) is 4.39. The molecule has 0 spiro atoms. The Balaban J connectivity index is 1.97. The van der Waals surface area contributed by atoms with Gasteiger partial charge in [0.15, 0.2) is 0 Å². The van der Waals surface area contributed by atoms with Crippen LogP contribution in [0.2, 0.25) is 0 Å². The van der Waals surface area contributed by atoms with Crippen LogP contribution in [-0.4, -0.2) is 6.54 Å². The van der Waals surface area contributed by atoms with Crippen molar-refractivity contribution in [1.82, 2.24) is 5.32 Å². The van der Waals surface area contributed by atoms with Gasteiger partial charge in [0.05, 0.1) is 12.5 Å². The number of nitrogens with zero attached hydrogens (tertiary/aromatic N) is 1. The minimum atomic E-state index is 0.181. The van der Waals surface area contributed by atoms with E-state index < -0.39 is 0 Å². The molecule has 0 heterocycles. The highest BCUT2D eigenvalue weighted by molar-refractivity contribution is 5.20. The zero-order valence-electron chi connectivity index (χ0n) is 11.2. The Morgan fingerprint density at radius 3 is 2.56 bits per heavy atom. The Labute approximate surface area is 110 Å². The SMILES string of the molecule is CCC1(CNC(CC#N)c2ccccc2)CCC1. The molecule has 0 aliphatic heterocycles. The van der Waals surface area contributed by atoms with Crippen LogP contribution in [0.1, 0.15) is 50.6 Å². The Bertz CT molecular complexity index is 395. The molecule has 0 saturated heterocycles. The highest BCUT2D eigenvalue weighted by atomic mass is 14.9. The first-order chi connectivity index (χ1) is 8.79. The van der Waals surface area contributed by atoms with E-state index in [4.69, 9.17) is 5.26 Å². The first kappa shape index (κ1) is 13.1. The van der Waals surface area contributed by atoms with Gasteiger partial charge in [-0.05, 0) is 30.2 Å². The molecule has 0 amide bonds. The summed E-state index contributed by atoms with van der Waals surface area (Å²) in [7, 11) is 0. The predicted molar refractivity (Wildman–Crippen MR) is 74.0 cm³/mol. The average Bonchev–Trinajstić information content (AvgIpc) is 2.38. The molecule has 2 heteroatoms. The lowest BCUT2D eigenvalue weighted by Crippen LogP contribution is -2.40. The van der Waals surface area contributed by atoms with Gasteiger partial charge in [0.25, 0.3) is 0 Å². The van der Waals surface area contributed by atoms with E-state index in [1.165, 1.54) is 31.2 Å². The summed E-state index contributed by atoms with van der Waals surface area (Å²) in [6.07, 6.45) is 5.83. The second-order valence-electron chi connectivity index (χ2n) is 5.41. The van der Waals surface area contributed by atoms with Crippen molar-refractivity contribution < 1.29 is 0 Å². The summed E-state index contributed by atoms with van der Waals surface area (Å²) in [5.74, 6) is 0. The molecule has 1 unspecified atom stereocenters. The lowest BCUT2D eigenvalue weighted by Gasteiger charge is -2.42. The summed E-state index contributed by atoms with van der Waals surface area (Å²) in [6, 6.07) is 12.8. The fourth-order valence-corrected chi connectivity index (χ4v) is 2.76. The summed E-state index contributed by atoms with van der Waals surface area (Å²) in [4.78, 5) is 0. The molecule has 1 aliphatic carbocycles. The van der Waals surface area contributed by atoms with E-state index in [1.54, 1.807) is 0 Å². The molecule has 1 aromatic carbocycles. The zero-order valence-corrected chi connectivity index (χ0v) is 11.2. The fraction of sp³-hybridized carbons (Fsp3) is 0.562. The third kappa shape index (κ3) is 2.91. The van der Waals surface area contributed by atoms with Crippen molar-refractivity contribution in [3.8, 4) is 6.07 Å². The molecule has 1 N–H and O–H groups in total. The summed E-state index contributed by atoms with van der Waals surface area (Å²) in [6.45, 7) is 3.33. The van der Waals surface area contributed by atoms with Gasteiger partial charge in [0, 0.05) is 12.6 Å². The maximum atomic E-state index is 8.97. The number of hydrogen-bond donors (Lipinski definition) is 1. The molecule has 1 aromatic rings. The molecule has 1 aliphatic rings. The third-order valence-corrected chi connectivity index (χ3v) is 4.39. The largest absolute Gasteiger partial charge is 0.309 e. The average molecular weight is 242 g/mol. The maximum absolute atomic E-state index is 8.97. The molecular weight excluding hydrogens is 220 g/mol. The second kappa shape index (κ2) is 6.02. The van der Waals surface area contributed by atoms with Crippen molar-refractivity contribution >= 4 is 0 Å². The van der Waals surface area contributed by atoms with E-state index in [1.807, 2.05) is 18.2 Å². The van der Waals surface area contributed by atoms with Gasteiger partial charge in [0.1, 0.15) is 0 Å². The van der Waals surface area contributed by atoms with Gasteiger partial charge in [-0.1, -0.05) is 43.7 Å². The van der Waals surface area contributed by atoms with Gasteiger partial charge >= 0.3 is 0 Å². The maximum Gasteiger partial charge on any atom is 0.0641 e. The Hall–Kier alpha value is -1.33. The zero-order chi connectivity index (χ0) is 12.8. The first-order valence-corrected chi connectivity index (χ1v) is 6.95. The van der Waals surface area contributed by atoms with Crippen LogP contribution in [0.25, 0.3) is 0 Å². The van der Waals surface area contributed by atoms with E-state index in [2.05, 4.69) is 30.4 Å². The minimum Gasteiger partial charge on any atom is -0.309 e. The lowest BCUT2D eigenvalue weighted by molar-refractivity contribution is 0.119. The number of benzene rings is 1. The Kier molecular flexibility index (Phi) is 4.38. The molecule has 2 nitrogen and oxygen atoms in total. The first-order valence-electron chi connectivity index (χ1n) is 6.95. The van der Waals surface area contributed by atoms with Gasteiger partial charge < -0.3 is 5.32 Å². The van der Waals surface area contributed by atoms with Gasteiger partial charge in [-0.3, -0.25) is 0 Å². The molecule has 1 saturated carbocycles. The van der Waals surface area contributed by atoms with Crippen molar-refractivity contribution in [3.05, 3.63) is 35.9 Å². The van der Waals surface area contributed by atoms with E-state index in [9.17, 15) is 0 Å². The predicted octanol–water partition coefficient (Wildman–Crippen LogP) is 3.81. The molecule has 1 fully saturated rings. The van der Waals surface area contributed by atoms with Crippen molar-refractivity contribution in [2.75, 3.05) is 6.54 Å². The minimum absolute atomic E-state index is 0.181. The molecule has 1 atom stereocenters. The van der Waals surface area contributed by atoms with Gasteiger partial charge in [-0.15, -0.1) is 0 Å². The van der Waals surface area contributed by atoms with Crippen LogP contribution >= 0.6 is 0 Å². The van der Waals surface area contributed by atoms with Crippen LogP contribution in [0.3, 0.4) is 0 Å². The highest BCUT2D eigenvalue weighted by Crippen LogP contribution is 2.43. The van der Waals surface area contributed by atoms with Crippen LogP contribution in [0.5, 0.6) is 0 Å². The Morgan fingerprint density at radius 2 is 2.06 bits per heavy atom. The van der Waals surface area contributed by atoms with Gasteiger partial charge in [-0.25, -0.2) is 0 Å². The number of nitrogens with one attached hydrogen (secondary N) is 1. The quantitative estimate of drug-likeness (QED) is 0.823.